The van der Waals surface area contributed by atoms with Gasteiger partial charge in [0.1, 0.15) is 5.52 Å². The average molecular weight is 536 g/mol. The van der Waals surface area contributed by atoms with Crippen LogP contribution in [0.2, 0.25) is 5.02 Å². The van der Waals surface area contributed by atoms with Crippen molar-refractivity contribution >= 4 is 46.1 Å². The first kappa shape index (κ1) is 23.3. The van der Waals surface area contributed by atoms with Crippen molar-refractivity contribution in [2.75, 3.05) is 18.6 Å². The molecule has 2 aromatic carbocycles. The summed E-state index contributed by atoms with van der Waals surface area (Å²) < 4.78 is 13.8. The van der Waals surface area contributed by atoms with E-state index in [2.05, 4.69) is 25.7 Å². The minimum absolute atomic E-state index is 0.0353. The number of hydrogen-bond acceptors (Lipinski definition) is 9. The Kier molecular flexibility index (Phi) is 6.10. The van der Waals surface area contributed by atoms with E-state index in [1.165, 1.54) is 22.5 Å². The molecule has 0 aliphatic carbocycles. The summed E-state index contributed by atoms with van der Waals surface area (Å²) in [6.45, 7) is 1.05. The van der Waals surface area contributed by atoms with Gasteiger partial charge in [0.05, 0.1) is 13.2 Å². The van der Waals surface area contributed by atoms with Gasteiger partial charge in [-0.25, -0.2) is 4.68 Å². The molecule has 186 valence electrons. The third-order valence-electron chi connectivity index (χ3n) is 5.60. The highest BCUT2D eigenvalue weighted by atomic mass is 35.5. The Bertz CT molecular complexity index is 1700. The van der Waals surface area contributed by atoms with E-state index in [9.17, 15) is 9.59 Å². The van der Waals surface area contributed by atoms with Crippen LogP contribution in [0.5, 0.6) is 11.5 Å². The molecule has 0 bridgehead atoms. The quantitative estimate of drug-likeness (QED) is 0.337. The van der Waals surface area contributed by atoms with Crippen molar-refractivity contribution in [2.24, 2.45) is 0 Å². The van der Waals surface area contributed by atoms with Gasteiger partial charge in [-0.2, -0.15) is 9.50 Å². The number of carbonyl (C=O) groups excluding carboxylic acids is 1. The average Bonchev–Trinajstić information content (AvgIpc) is 3.19. The summed E-state index contributed by atoms with van der Waals surface area (Å²) in [5.74, 6) is 1.47. The van der Waals surface area contributed by atoms with Gasteiger partial charge in [0.2, 0.25) is 5.16 Å². The van der Waals surface area contributed by atoms with Gasteiger partial charge < -0.3 is 9.47 Å². The van der Waals surface area contributed by atoms with Crippen molar-refractivity contribution in [1.82, 2.24) is 29.5 Å². The number of ether oxygens (including phenoxy) is 2. The fourth-order valence-electron chi connectivity index (χ4n) is 3.74. The van der Waals surface area contributed by atoms with Crippen LogP contribution in [0, 0.1) is 0 Å². The maximum absolute atomic E-state index is 13.1. The SMILES string of the molecule is O=C(Nn1ccc2c(nnc3nc(SCc4ccc(Cl)cc4)nn32)c1=O)c1ccc2c(c1)OCCCO2. The van der Waals surface area contributed by atoms with E-state index in [-0.39, 0.29) is 11.3 Å². The molecular weight excluding hydrogens is 518 g/mol. The molecule has 0 radical (unpaired) electrons. The fourth-order valence-corrected chi connectivity index (χ4v) is 4.64. The standard InChI is InChI=1S/C24H18ClN7O4S/c25-16-5-2-14(3-6-16)13-37-24-26-23-28-27-20-17(32(23)30-24)8-9-31(22(20)34)29-21(33)15-4-7-18-19(12-15)36-11-1-10-35-18/h2-9,12H,1,10-11,13H2,(H,29,33). The second kappa shape index (κ2) is 9.71. The highest BCUT2D eigenvalue weighted by molar-refractivity contribution is 7.98. The molecule has 1 aliphatic rings. The lowest BCUT2D eigenvalue weighted by atomic mass is 10.2. The van der Waals surface area contributed by atoms with Crippen molar-refractivity contribution in [2.45, 2.75) is 17.3 Å². The molecule has 13 heteroatoms. The summed E-state index contributed by atoms with van der Waals surface area (Å²) >= 11 is 7.37. The summed E-state index contributed by atoms with van der Waals surface area (Å²) in [6, 6.07) is 14.0. The van der Waals surface area contributed by atoms with E-state index in [0.29, 0.717) is 51.7 Å². The summed E-state index contributed by atoms with van der Waals surface area (Å²) in [7, 11) is 0. The number of rotatable bonds is 5. The number of aromatic nitrogens is 6. The summed E-state index contributed by atoms with van der Waals surface area (Å²) in [5, 5.41) is 13.7. The monoisotopic (exact) mass is 535 g/mol. The van der Waals surface area contributed by atoms with Crippen LogP contribution in [0.15, 0.2) is 64.7 Å². The Morgan fingerprint density at radius 2 is 1.86 bits per heavy atom. The van der Waals surface area contributed by atoms with Gasteiger partial charge in [-0.15, -0.1) is 15.3 Å². The third kappa shape index (κ3) is 4.68. The van der Waals surface area contributed by atoms with Crippen molar-refractivity contribution in [3.63, 3.8) is 0 Å². The zero-order valence-corrected chi connectivity index (χ0v) is 20.7. The first-order valence-electron chi connectivity index (χ1n) is 11.3. The Hall–Kier alpha value is -4.16. The number of nitrogens with zero attached hydrogens (tertiary/aromatic N) is 6. The molecule has 1 aliphatic heterocycles. The molecule has 1 amide bonds. The van der Waals surface area contributed by atoms with E-state index in [1.807, 2.05) is 24.3 Å². The van der Waals surface area contributed by atoms with E-state index in [1.54, 1.807) is 24.3 Å². The van der Waals surface area contributed by atoms with Crippen molar-refractivity contribution < 1.29 is 14.3 Å². The number of carbonyl (C=O) groups is 1. The normalized spacial score (nSPS) is 13.0. The molecule has 0 unspecified atom stereocenters. The third-order valence-corrected chi connectivity index (χ3v) is 6.76. The molecule has 1 N–H and O–H groups in total. The van der Waals surface area contributed by atoms with Gasteiger partial charge in [0.15, 0.2) is 17.0 Å². The maximum Gasteiger partial charge on any atom is 0.299 e. The van der Waals surface area contributed by atoms with Gasteiger partial charge in [-0.3, -0.25) is 15.0 Å². The molecule has 0 atom stereocenters. The second-order valence-electron chi connectivity index (χ2n) is 8.10. The maximum atomic E-state index is 13.1. The number of fused-ring (bicyclic) bond motifs is 4. The molecule has 11 nitrogen and oxygen atoms in total. The molecule has 0 saturated carbocycles. The van der Waals surface area contributed by atoms with Crippen LogP contribution in [0.1, 0.15) is 22.3 Å². The molecular formula is C24H18ClN7O4S. The van der Waals surface area contributed by atoms with E-state index in [0.717, 1.165) is 16.7 Å². The molecule has 0 spiro atoms. The number of nitrogens with one attached hydrogen (secondary N) is 1. The van der Waals surface area contributed by atoms with E-state index in [4.69, 9.17) is 21.1 Å². The van der Waals surface area contributed by atoms with Gasteiger partial charge in [-0.05, 0) is 42.0 Å². The fraction of sp³-hybridized carbons (Fsp3) is 0.167. The number of benzene rings is 2. The topological polar surface area (TPSA) is 126 Å². The Morgan fingerprint density at radius 3 is 2.70 bits per heavy atom. The Labute approximate surface area is 218 Å². The van der Waals surface area contributed by atoms with Gasteiger partial charge >= 0.3 is 0 Å². The molecule has 6 rings (SSSR count). The summed E-state index contributed by atoms with van der Waals surface area (Å²) in [6.07, 6.45) is 2.19. The Morgan fingerprint density at radius 1 is 1.05 bits per heavy atom. The first-order valence-corrected chi connectivity index (χ1v) is 12.6. The largest absolute Gasteiger partial charge is 0.490 e. The minimum atomic E-state index is -0.555. The molecule has 37 heavy (non-hydrogen) atoms. The van der Waals surface area contributed by atoms with Gasteiger partial charge in [-0.1, -0.05) is 35.5 Å². The van der Waals surface area contributed by atoms with E-state index < -0.39 is 11.5 Å². The molecule has 5 aromatic rings. The number of thioether (sulfide) groups is 1. The summed E-state index contributed by atoms with van der Waals surface area (Å²) in [5.41, 5.74) is 3.86. The van der Waals surface area contributed by atoms with Gasteiger partial charge in [0, 0.05) is 29.0 Å². The zero-order chi connectivity index (χ0) is 25.4. The number of amides is 1. The van der Waals surface area contributed by atoms with Gasteiger partial charge in [0.25, 0.3) is 17.2 Å². The van der Waals surface area contributed by atoms with E-state index >= 15 is 0 Å². The van der Waals surface area contributed by atoms with Crippen LogP contribution in [0.25, 0.3) is 16.8 Å². The number of halogens is 1. The molecule has 3 aromatic heterocycles. The minimum Gasteiger partial charge on any atom is -0.490 e. The number of hydrogen-bond donors (Lipinski definition) is 1. The summed E-state index contributed by atoms with van der Waals surface area (Å²) in [4.78, 5) is 30.3. The number of pyridine rings is 1. The van der Waals surface area contributed by atoms with Crippen molar-refractivity contribution in [3.8, 4) is 11.5 Å². The van der Waals surface area contributed by atoms with Crippen molar-refractivity contribution in [3.05, 3.63) is 81.2 Å². The smallest absolute Gasteiger partial charge is 0.299 e. The van der Waals surface area contributed by atoms with Crippen LogP contribution in [0.4, 0.5) is 0 Å². The Balaban J connectivity index is 1.25. The highest BCUT2D eigenvalue weighted by Crippen LogP contribution is 2.30. The zero-order valence-electron chi connectivity index (χ0n) is 19.1. The molecule has 4 heterocycles. The first-order chi connectivity index (χ1) is 18.0. The van der Waals surface area contributed by atoms with Crippen LogP contribution in [0.3, 0.4) is 0 Å². The lowest BCUT2D eigenvalue weighted by molar-refractivity contribution is 0.101. The van der Waals surface area contributed by atoms with Crippen LogP contribution < -0.4 is 20.5 Å². The van der Waals surface area contributed by atoms with Crippen molar-refractivity contribution in [1.29, 1.82) is 0 Å². The lowest BCUT2D eigenvalue weighted by Gasteiger charge is -2.11. The molecule has 0 saturated heterocycles. The predicted molar refractivity (Wildman–Crippen MR) is 137 cm³/mol. The van der Waals surface area contributed by atoms with Crippen LogP contribution in [-0.4, -0.2) is 48.6 Å². The van der Waals surface area contributed by atoms with Crippen LogP contribution in [-0.2, 0) is 5.75 Å². The van der Waals surface area contributed by atoms with Crippen LogP contribution >= 0.6 is 23.4 Å². The lowest BCUT2D eigenvalue weighted by Crippen LogP contribution is -2.33. The second-order valence-corrected chi connectivity index (χ2v) is 9.48. The predicted octanol–water partition coefficient (Wildman–Crippen LogP) is 3.33. The highest BCUT2D eigenvalue weighted by Gasteiger charge is 2.17. The molecule has 0 fully saturated rings.